The summed E-state index contributed by atoms with van der Waals surface area (Å²) in [6, 6.07) is 18.9. The number of rotatable bonds is 6. The molecule has 0 aliphatic carbocycles. The summed E-state index contributed by atoms with van der Waals surface area (Å²) >= 11 is 2.90. The Hall–Kier alpha value is -3.36. The van der Waals surface area contributed by atoms with Gasteiger partial charge >= 0.3 is 6.03 Å². The molecule has 0 spiro atoms. The topological polar surface area (TPSA) is 83.1 Å². The minimum absolute atomic E-state index is 0.0703. The van der Waals surface area contributed by atoms with Crippen molar-refractivity contribution in [1.82, 2.24) is 4.98 Å². The van der Waals surface area contributed by atoms with Gasteiger partial charge in [-0.15, -0.1) is 11.3 Å². The summed E-state index contributed by atoms with van der Waals surface area (Å²) in [4.78, 5) is 29.4. The number of carbonyl (C=O) groups excluding carboxylic acids is 2. The Balaban J connectivity index is 1.37. The predicted molar refractivity (Wildman–Crippen MR) is 139 cm³/mol. The van der Waals surface area contributed by atoms with Crippen LogP contribution in [0.5, 0.6) is 0 Å². The number of hydrogen-bond donors (Lipinski definition) is 3. The van der Waals surface area contributed by atoms with E-state index in [1.165, 1.54) is 23.1 Å². The zero-order valence-electron chi connectivity index (χ0n) is 18.6. The molecule has 0 saturated heterocycles. The van der Waals surface area contributed by atoms with E-state index in [4.69, 9.17) is 0 Å². The minimum Gasteiger partial charge on any atom is -0.325 e. The molecule has 0 radical (unpaired) electrons. The van der Waals surface area contributed by atoms with Gasteiger partial charge in [0.25, 0.3) is 0 Å². The summed E-state index contributed by atoms with van der Waals surface area (Å²) in [7, 11) is 0. The van der Waals surface area contributed by atoms with E-state index in [2.05, 4.69) is 20.9 Å². The number of urea groups is 1. The predicted octanol–water partition coefficient (Wildman–Crippen LogP) is 6.60. The van der Waals surface area contributed by atoms with Gasteiger partial charge in [-0.25, -0.2) is 9.78 Å². The maximum Gasteiger partial charge on any atom is 0.323 e. The van der Waals surface area contributed by atoms with Gasteiger partial charge in [-0.3, -0.25) is 4.79 Å². The number of nitrogens with one attached hydrogen (secondary N) is 3. The highest BCUT2D eigenvalue weighted by molar-refractivity contribution is 8.01. The Morgan fingerprint density at radius 2 is 1.67 bits per heavy atom. The molecule has 0 atom stereocenters. The monoisotopic (exact) mass is 476 g/mol. The molecule has 4 aromatic rings. The number of anilines is 3. The number of thioether (sulfide) groups is 1. The van der Waals surface area contributed by atoms with Gasteiger partial charge in [0.15, 0.2) is 4.34 Å². The largest absolute Gasteiger partial charge is 0.325 e. The zero-order chi connectivity index (χ0) is 23.4. The molecule has 33 heavy (non-hydrogen) atoms. The lowest BCUT2D eigenvalue weighted by molar-refractivity contribution is -0.113. The molecule has 4 rings (SSSR count). The Labute approximate surface area is 200 Å². The average molecular weight is 477 g/mol. The van der Waals surface area contributed by atoms with Crippen molar-refractivity contribution < 1.29 is 9.59 Å². The van der Waals surface area contributed by atoms with Gasteiger partial charge in [0.2, 0.25) is 5.91 Å². The number of aromatic nitrogens is 1. The van der Waals surface area contributed by atoms with Crippen LogP contribution in [0.4, 0.5) is 21.9 Å². The quantitative estimate of drug-likeness (QED) is 0.274. The van der Waals surface area contributed by atoms with Crippen LogP contribution in [-0.2, 0) is 4.79 Å². The van der Waals surface area contributed by atoms with Gasteiger partial charge in [-0.1, -0.05) is 42.1 Å². The normalized spacial score (nSPS) is 10.8. The molecule has 168 valence electrons. The Morgan fingerprint density at radius 3 is 2.48 bits per heavy atom. The van der Waals surface area contributed by atoms with Crippen LogP contribution in [0.2, 0.25) is 0 Å². The molecule has 3 amide bonds. The van der Waals surface area contributed by atoms with E-state index >= 15 is 0 Å². The molecule has 8 heteroatoms. The first-order chi connectivity index (χ1) is 15.9. The lowest BCUT2D eigenvalue weighted by atomic mass is 10.1. The van der Waals surface area contributed by atoms with Crippen molar-refractivity contribution in [3.05, 3.63) is 77.4 Å². The van der Waals surface area contributed by atoms with Gasteiger partial charge < -0.3 is 16.0 Å². The van der Waals surface area contributed by atoms with Crippen LogP contribution in [0, 0.1) is 20.8 Å². The van der Waals surface area contributed by atoms with Gasteiger partial charge in [-0.05, 0) is 67.8 Å². The second-order valence-electron chi connectivity index (χ2n) is 7.71. The van der Waals surface area contributed by atoms with E-state index in [1.54, 1.807) is 0 Å². The molecule has 3 N–H and O–H groups in total. The summed E-state index contributed by atoms with van der Waals surface area (Å²) in [6.07, 6.45) is 0. The maximum absolute atomic E-state index is 12.5. The summed E-state index contributed by atoms with van der Waals surface area (Å²) in [5.41, 5.74) is 6.24. The van der Waals surface area contributed by atoms with Crippen molar-refractivity contribution in [2.75, 3.05) is 21.7 Å². The molecule has 0 bridgehead atoms. The zero-order valence-corrected chi connectivity index (χ0v) is 20.2. The van der Waals surface area contributed by atoms with E-state index in [-0.39, 0.29) is 17.7 Å². The molecular formula is C25H24N4O2S2. The van der Waals surface area contributed by atoms with Crippen molar-refractivity contribution in [1.29, 1.82) is 0 Å². The van der Waals surface area contributed by atoms with Crippen LogP contribution < -0.4 is 16.0 Å². The van der Waals surface area contributed by atoms with Crippen LogP contribution in [0.1, 0.15) is 16.7 Å². The van der Waals surface area contributed by atoms with Crippen LogP contribution in [0.15, 0.2) is 65.0 Å². The van der Waals surface area contributed by atoms with E-state index in [1.807, 2.05) is 81.4 Å². The molecule has 0 saturated carbocycles. The molecule has 6 nitrogen and oxygen atoms in total. The molecule has 3 aromatic carbocycles. The number of benzene rings is 3. The minimum atomic E-state index is -0.296. The van der Waals surface area contributed by atoms with Crippen LogP contribution in [0.3, 0.4) is 0 Å². The number of thiazole rings is 1. The van der Waals surface area contributed by atoms with Crippen molar-refractivity contribution in [3.8, 4) is 0 Å². The Bertz CT molecular complexity index is 1330. The lowest BCUT2D eigenvalue weighted by Gasteiger charge is -2.10. The fraction of sp³-hybridized carbons (Fsp3) is 0.160. The third-order valence-electron chi connectivity index (χ3n) is 5.01. The second kappa shape index (κ2) is 10.1. The highest BCUT2D eigenvalue weighted by Crippen LogP contribution is 2.31. The van der Waals surface area contributed by atoms with Crippen molar-refractivity contribution in [2.45, 2.75) is 25.1 Å². The van der Waals surface area contributed by atoms with E-state index < -0.39 is 0 Å². The summed E-state index contributed by atoms with van der Waals surface area (Å²) in [6.45, 7) is 5.91. The number of nitrogens with zero attached hydrogens (tertiary/aromatic N) is 1. The summed E-state index contributed by atoms with van der Waals surface area (Å²) in [5.74, 6) is 0.205. The highest BCUT2D eigenvalue weighted by atomic mass is 32.2. The average Bonchev–Trinajstić information content (AvgIpc) is 3.19. The number of para-hydroxylation sites is 1. The molecule has 0 aliphatic rings. The maximum atomic E-state index is 12.5. The fourth-order valence-corrected chi connectivity index (χ4v) is 5.13. The number of amides is 3. The van der Waals surface area contributed by atoms with Crippen molar-refractivity contribution in [3.63, 3.8) is 0 Å². The molecule has 0 unspecified atom stereocenters. The molecular weight excluding hydrogens is 452 g/mol. The third kappa shape index (κ3) is 5.91. The van der Waals surface area contributed by atoms with Crippen LogP contribution in [0.25, 0.3) is 10.2 Å². The second-order valence-corrected chi connectivity index (χ2v) is 9.96. The molecule has 1 aromatic heterocycles. The van der Waals surface area contributed by atoms with Crippen molar-refractivity contribution >= 4 is 62.3 Å². The summed E-state index contributed by atoms with van der Waals surface area (Å²) < 4.78 is 1.75. The first-order valence-corrected chi connectivity index (χ1v) is 12.2. The Morgan fingerprint density at radius 1 is 0.879 bits per heavy atom. The lowest BCUT2D eigenvalue weighted by Crippen LogP contribution is -2.19. The standard InChI is InChI=1S/C25H24N4O2S2/c1-15-8-9-17(3)21(12-15)28-24(31)26-18-10-11-20-22(13-18)33-25(29-20)32-14-23(30)27-19-7-5-4-6-16(19)2/h4-13H,14H2,1-3H3,(H,27,30)(H2,26,28,31). The van der Waals surface area contributed by atoms with Gasteiger partial charge in [0.1, 0.15) is 0 Å². The third-order valence-corrected chi connectivity index (χ3v) is 7.17. The van der Waals surface area contributed by atoms with Gasteiger partial charge in [0, 0.05) is 17.1 Å². The van der Waals surface area contributed by atoms with E-state index in [9.17, 15) is 9.59 Å². The van der Waals surface area contributed by atoms with Crippen LogP contribution in [-0.4, -0.2) is 22.7 Å². The van der Waals surface area contributed by atoms with Gasteiger partial charge in [0.05, 0.1) is 16.0 Å². The SMILES string of the molecule is Cc1ccc(C)c(NC(=O)Nc2ccc3nc(SCC(=O)Nc4ccccc4C)sc3c2)c1. The first-order valence-electron chi connectivity index (χ1n) is 10.4. The number of carbonyl (C=O) groups is 2. The number of fused-ring (bicyclic) bond motifs is 1. The summed E-state index contributed by atoms with van der Waals surface area (Å²) in [5, 5.41) is 8.71. The van der Waals surface area contributed by atoms with Crippen molar-refractivity contribution in [2.24, 2.45) is 0 Å². The van der Waals surface area contributed by atoms with Crippen LogP contribution >= 0.6 is 23.1 Å². The Kier molecular flexibility index (Phi) is 6.96. The number of hydrogen-bond acceptors (Lipinski definition) is 5. The fourth-order valence-electron chi connectivity index (χ4n) is 3.22. The molecule has 0 aliphatic heterocycles. The smallest absolute Gasteiger partial charge is 0.323 e. The molecule has 1 heterocycles. The van der Waals surface area contributed by atoms with E-state index in [0.29, 0.717) is 5.69 Å². The van der Waals surface area contributed by atoms with Gasteiger partial charge in [-0.2, -0.15) is 0 Å². The number of aryl methyl sites for hydroxylation is 3. The first kappa shape index (κ1) is 22.8. The van der Waals surface area contributed by atoms with E-state index in [0.717, 1.165) is 42.6 Å². The highest BCUT2D eigenvalue weighted by Gasteiger charge is 2.11. The molecule has 0 fully saturated rings.